The Bertz CT molecular complexity index is 1010. The van der Waals surface area contributed by atoms with Crippen LogP contribution in [0.25, 0.3) is 10.8 Å². The molecule has 28 heavy (non-hydrogen) atoms. The number of phenols is 1. The predicted octanol–water partition coefficient (Wildman–Crippen LogP) is 4.21. The standard InChI is InChI=1S/C23H22N2O3/c26-15-16-4-7-19(8-5-16)25-12-10-18(11-13-25)23(28)24-22-3-1-2-17-6-9-20(27)14-21(17)22/h1-9,14-15,18,27H,10-13H2,(H,24,28). The minimum Gasteiger partial charge on any atom is -0.508 e. The first kappa shape index (κ1) is 18.0. The molecule has 0 aromatic heterocycles. The Hall–Kier alpha value is -3.34. The molecule has 1 amide bonds. The highest BCUT2D eigenvalue weighted by Crippen LogP contribution is 2.29. The lowest BCUT2D eigenvalue weighted by Gasteiger charge is -2.33. The zero-order valence-electron chi connectivity index (χ0n) is 15.5. The summed E-state index contributed by atoms with van der Waals surface area (Å²) in [6.45, 7) is 1.60. The van der Waals surface area contributed by atoms with E-state index >= 15 is 0 Å². The van der Waals surface area contributed by atoms with E-state index in [9.17, 15) is 14.7 Å². The maximum atomic E-state index is 12.8. The Labute approximate surface area is 163 Å². The minimum absolute atomic E-state index is 0.0202. The highest BCUT2D eigenvalue weighted by molar-refractivity contribution is 6.03. The van der Waals surface area contributed by atoms with Gasteiger partial charge in [-0.05, 0) is 60.7 Å². The second-order valence-corrected chi connectivity index (χ2v) is 7.17. The monoisotopic (exact) mass is 374 g/mol. The molecule has 1 fully saturated rings. The summed E-state index contributed by atoms with van der Waals surface area (Å²) in [5.74, 6) is 0.160. The summed E-state index contributed by atoms with van der Waals surface area (Å²) in [5, 5.41) is 14.6. The highest BCUT2D eigenvalue weighted by Gasteiger charge is 2.25. The molecular formula is C23H22N2O3. The number of amides is 1. The molecule has 5 nitrogen and oxygen atoms in total. The van der Waals surface area contributed by atoms with Crippen molar-refractivity contribution in [3.05, 3.63) is 66.2 Å². The number of piperidine rings is 1. The Balaban J connectivity index is 1.42. The topological polar surface area (TPSA) is 69.6 Å². The number of nitrogens with zero attached hydrogens (tertiary/aromatic N) is 1. The van der Waals surface area contributed by atoms with Crippen molar-refractivity contribution in [1.82, 2.24) is 0 Å². The summed E-state index contributed by atoms with van der Waals surface area (Å²) in [7, 11) is 0. The highest BCUT2D eigenvalue weighted by atomic mass is 16.3. The average molecular weight is 374 g/mol. The summed E-state index contributed by atoms with van der Waals surface area (Å²) in [6.07, 6.45) is 2.39. The number of benzene rings is 3. The van der Waals surface area contributed by atoms with Gasteiger partial charge in [0.1, 0.15) is 12.0 Å². The van der Waals surface area contributed by atoms with Crippen LogP contribution in [0.5, 0.6) is 5.75 Å². The van der Waals surface area contributed by atoms with Crippen molar-refractivity contribution < 1.29 is 14.7 Å². The summed E-state index contributed by atoms with van der Waals surface area (Å²) < 4.78 is 0. The molecule has 0 aliphatic carbocycles. The van der Waals surface area contributed by atoms with Crippen LogP contribution >= 0.6 is 0 Å². The van der Waals surface area contributed by atoms with Crippen LogP contribution in [-0.4, -0.2) is 30.4 Å². The van der Waals surface area contributed by atoms with E-state index in [0.29, 0.717) is 5.56 Å². The number of phenolic OH excluding ortho intramolecular Hbond substituents is 1. The van der Waals surface area contributed by atoms with Crippen LogP contribution in [0, 0.1) is 5.92 Å². The van der Waals surface area contributed by atoms with Crippen LogP contribution in [-0.2, 0) is 4.79 Å². The number of rotatable bonds is 4. The van der Waals surface area contributed by atoms with Gasteiger partial charge in [0.05, 0.1) is 0 Å². The van der Waals surface area contributed by atoms with Crippen molar-refractivity contribution in [2.24, 2.45) is 5.92 Å². The van der Waals surface area contributed by atoms with Gasteiger partial charge < -0.3 is 15.3 Å². The quantitative estimate of drug-likeness (QED) is 0.671. The molecule has 0 atom stereocenters. The molecular weight excluding hydrogens is 352 g/mol. The van der Waals surface area contributed by atoms with Crippen molar-refractivity contribution in [3.63, 3.8) is 0 Å². The third-order valence-corrected chi connectivity index (χ3v) is 5.38. The minimum atomic E-state index is -0.0435. The van der Waals surface area contributed by atoms with Gasteiger partial charge in [0, 0.05) is 41.3 Å². The van der Waals surface area contributed by atoms with Crippen molar-refractivity contribution in [2.75, 3.05) is 23.3 Å². The van der Waals surface area contributed by atoms with Gasteiger partial charge in [0.15, 0.2) is 0 Å². The molecule has 142 valence electrons. The number of nitrogens with one attached hydrogen (secondary N) is 1. The molecule has 0 bridgehead atoms. The Morgan fingerprint density at radius 1 is 1.04 bits per heavy atom. The fraction of sp³-hybridized carbons (Fsp3) is 0.217. The van der Waals surface area contributed by atoms with Gasteiger partial charge in [-0.2, -0.15) is 0 Å². The van der Waals surface area contributed by atoms with E-state index in [1.54, 1.807) is 12.1 Å². The van der Waals surface area contributed by atoms with Crippen LogP contribution in [0.1, 0.15) is 23.2 Å². The number of carbonyl (C=O) groups is 2. The Kier molecular flexibility index (Phi) is 4.98. The number of anilines is 2. The molecule has 5 heteroatoms. The zero-order valence-corrected chi connectivity index (χ0v) is 15.5. The summed E-state index contributed by atoms with van der Waals surface area (Å²) in [6, 6.07) is 18.4. The molecule has 1 saturated heterocycles. The second kappa shape index (κ2) is 7.72. The average Bonchev–Trinajstić information content (AvgIpc) is 2.74. The van der Waals surface area contributed by atoms with Gasteiger partial charge in [-0.15, -0.1) is 0 Å². The molecule has 0 saturated carbocycles. The number of aldehydes is 1. The molecule has 2 N–H and O–H groups in total. The number of hydrogen-bond donors (Lipinski definition) is 2. The van der Waals surface area contributed by atoms with Gasteiger partial charge in [0.2, 0.25) is 5.91 Å². The van der Waals surface area contributed by atoms with Gasteiger partial charge in [0.25, 0.3) is 0 Å². The SMILES string of the molecule is O=Cc1ccc(N2CCC(C(=O)Nc3cccc4ccc(O)cc34)CC2)cc1. The molecule has 0 unspecified atom stereocenters. The van der Waals surface area contributed by atoms with E-state index in [1.165, 1.54) is 0 Å². The third-order valence-electron chi connectivity index (χ3n) is 5.38. The Morgan fingerprint density at radius 3 is 2.50 bits per heavy atom. The van der Waals surface area contributed by atoms with Crippen LogP contribution < -0.4 is 10.2 Å². The van der Waals surface area contributed by atoms with E-state index in [2.05, 4.69) is 10.2 Å². The van der Waals surface area contributed by atoms with Gasteiger partial charge in [-0.3, -0.25) is 9.59 Å². The van der Waals surface area contributed by atoms with Crippen molar-refractivity contribution >= 4 is 34.3 Å². The van der Waals surface area contributed by atoms with Crippen LogP contribution in [0.15, 0.2) is 60.7 Å². The number of aromatic hydroxyl groups is 1. The van der Waals surface area contributed by atoms with E-state index in [4.69, 9.17) is 0 Å². The van der Waals surface area contributed by atoms with E-state index < -0.39 is 0 Å². The van der Waals surface area contributed by atoms with Gasteiger partial charge in [-0.1, -0.05) is 18.2 Å². The maximum Gasteiger partial charge on any atom is 0.227 e. The maximum absolute atomic E-state index is 12.8. The summed E-state index contributed by atoms with van der Waals surface area (Å²) >= 11 is 0. The summed E-state index contributed by atoms with van der Waals surface area (Å²) in [5.41, 5.74) is 2.47. The fourth-order valence-corrected chi connectivity index (χ4v) is 3.77. The lowest BCUT2D eigenvalue weighted by atomic mass is 9.95. The molecule has 1 aliphatic rings. The molecule has 1 heterocycles. The predicted molar refractivity (Wildman–Crippen MR) is 111 cm³/mol. The number of hydrogen-bond acceptors (Lipinski definition) is 4. The second-order valence-electron chi connectivity index (χ2n) is 7.17. The normalized spacial score (nSPS) is 14.8. The Morgan fingerprint density at radius 2 is 1.79 bits per heavy atom. The zero-order chi connectivity index (χ0) is 19.5. The molecule has 0 spiro atoms. The molecule has 3 aromatic rings. The lowest BCUT2D eigenvalue weighted by molar-refractivity contribution is -0.120. The molecule has 0 radical (unpaired) electrons. The largest absolute Gasteiger partial charge is 0.508 e. The van der Waals surface area contributed by atoms with Crippen molar-refractivity contribution in [3.8, 4) is 5.75 Å². The molecule has 4 rings (SSSR count). The molecule has 3 aromatic carbocycles. The van der Waals surface area contributed by atoms with Crippen LogP contribution in [0.3, 0.4) is 0 Å². The van der Waals surface area contributed by atoms with Crippen LogP contribution in [0.4, 0.5) is 11.4 Å². The molecule has 1 aliphatic heterocycles. The van der Waals surface area contributed by atoms with Crippen LogP contribution in [0.2, 0.25) is 0 Å². The van der Waals surface area contributed by atoms with E-state index in [0.717, 1.165) is 54.4 Å². The fourth-order valence-electron chi connectivity index (χ4n) is 3.77. The smallest absolute Gasteiger partial charge is 0.227 e. The first-order valence-electron chi connectivity index (χ1n) is 9.47. The van der Waals surface area contributed by atoms with E-state index in [1.807, 2.05) is 48.5 Å². The number of carbonyl (C=O) groups excluding carboxylic acids is 2. The van der Waals surface area contributed by atoms with Crippen molar-refractivity contribution in [2.45, 2.75) is 12.8 Å². The summed E-state index contributed by atoms with van der Waals surface area (Å²) in [4.78, 5) is 25.8. The van der Waals surface area contributed by atoms with Gasteiger partial charge in [-0.25, -0.2) is 0 Å². The lowest BCUT2D eigenvalue weighted by Crippen LogP contribution is -2.38. The first-order valence-corrected chi connectivity index (χ1v) is 9.47. The number of fused-ring (bicyclic) bond motifs is 1. The van der Waals surface area contributed by atoms with Crippen molar-refractivity contribution in [1.29, 1.82) is 0 Å². The van der Waals surface area contributed by atoms with Gasteiger partial charge >= 0.3 is 0 Å². The first-order chi connectivity index (χ1) is 13.6. The van der Waals surface area contributed by atoms with E-state index in [-0.39, 0.29) is 17.6 Å². The third kappa shape index (κ3) is 3.69.